The van der Waals surface area contributed by atoms with E-state index >= 15 is 0 Å². The van der Waals surface area contributed by atoms with Crippen LogP contribution >= 0.6 is 0 Å². The molecule has 0 fully saturated rings. The van der Waals surface area contributed by atoms with Crippen molar-refractivity contribution in [3.05, 3.63) is 66.7 Å². The first-order valence-corrected chi connectivity index (χ1v) is 7.11. The zero-order valence-corrected chi connectivity index (χ0v) is 12.1. The molecule has 3 rings (SSSR count). The molecule has 3 aromatic rings. The molecule has 0 radical (unpaired) electrons. The van der Waals surface area contributed by atoms with Gasteiger partial charge >= 0.3 is 0 Å². The van der Waals surface area contributed by atoms with Gasteiger partial charge in [-0.15, -0.1) is 0 Å². The summed E-state index contributed by atoms with van der Waals surface area (Å²) in [5.41, 5.74) is 2.34. The molecule has 1 atom stereocenters. The van der Waals surface area contributed by atoms with Gasteiger partial charge in [-0.05, 0) is 36.8 Å². The third kappa shape index (κ3) is 3.58. The fourth-order valence-corrected chi connectivity index (χ4v) is 2.23. The van der Waals surface area contributed by atoms with Crippen LogP contribution in [0.4, 0.5) is 0 Å². The first-order valence-electron chi connectivity index (χ1n) is 7.11. The molecule has 21 heavy (non-hydrogen) atoms. The lowest BCUT2D eigenvalue weighted by Crippen LogP contribution is -2.30. The number of hydrogen-bond donors (Lipinski definition) is 1. The highest BCUT2D eigenvalue weighted by Crippen LogP contribution is 2.08. The van der Waals surface area contributed by atoms with Crippen LogP contribution in [0.25, 0.3) is 5.69 Å². The molecule has 5 nitrogen and oxygen atoms in total. The summed E-state index contributed by atoms with van der Waals surface area (Å²) in [6.07, 6.45) is 7.52. The molecule has 2 aromatic heterocycles. The van der Waals surface area contributed by atoms with Crippen LogP contribution in [-0.4, -0.2) is 25.6 Å². The van der Waals surface area contributed by atoms with Crippen LogP contribution in [0.15, 0.2) is 61.2 Å². The van der Waals surface area contributed by atoms with Gasteiger partial charge in [0.2, 0.25) is 0 Å². The second kappa shape index (κ2) is 6.37. The van der Waals surface area contributed by atoms with Gasteiger partial charge in [0.05, 0.1) is 12.2 Å². The maximum Gasteiger partial charge on any atom is 0.0645 e. The van der Waals surface area contributed by atoms with E-state index in [1.54, 1.807) is 12.4 Å². The van der Waals surface area contributed by atoms with E-state index in [9.17, 15) is 0 Å². The van der Waals surface area contributed by atoms with E-state index in [1.165, 1.54) is 5.56 Å². The average molecular weight is 281 g/mol. The quantitative estimate of drug-likeness (QED) is 0.754. The van der Waals surface area contributed by atoms with Crippen molar-refractivity contribution in [1.29, 1.82) is 0 Å². The molecular weight excluding hydrogens is 262 g/mol. The third-order valence-corrected chi connectivity index (χ3v) is 3.38. The number of nitrogens with one attached hydrogen (secondary N) is 1. The van der Waals surface area contributed by atoms with Crippen LogP contribution in [0.2, 0.25) is 0 Å². The molecule has 0 bridgehead atoms. The Kier molecular flexibility index (Phi) is 4.12. The Labute approximate surface area is 124 Å². The first kappa shape index (κ1) is 13.6. The molecule has 1 N–H and O–H groups in total. The Balaban J connectivity index is 1.53. The molecule has 1 aromatic carbocycles. The zero-order valence-electron chi connectivity index (χ0n) is 12.1. The summed E-state index contributed by atoms with van der Waals surface area (Å²) in [4.78, 5) is 0. The maximum absolute atomic E-state index is 4.22. The summed E-state index contributed by atoms with van der Waals surface area (Å²) >= 11 is 0. The van der Waals surface area contributed by atoms with Crippen molar-refractivity contribution in [2.24, 2.45) is 0 Å². The van der Waals surface area contributed by atoms with Crippen LogP contribution in [0.1, 0.15) is 12.5 Å². The number of nitrogens with zero attached hydrogens (tertiary/aromatic N) is 4. The molecule has 0 aliphatic carbocycles. The van der Waals surface area contributed by atoms with Gasteiger partial charge in [-0.3, -0.25) is 4.68 Å². The van der Waals surface area contributed by atoms with E-state index in [0.717, 1.165) is 18.8 Å². The third-order valence-electron chi connectivity index (χ3n) is 3.38. The normalized spacial score (nSPS) is 12.4. The lowest BCUT2D eigenvalue weighted by Gasteiger charge is -2.14. The molecule has 0 amide bonds. The molecule has 0 saturated carbocycles. The molecule has 2 heterocycles. The topological polar surface area (TPSA) is 47.7 Å². The van der Waals surface area contributed by atoms with Gasteiger partial charge < -0.3 is 5.32 Å². The number of rotatable bonds is 6. The predicted octanol–water partition coefficient (Wildman–Crippen LogP) is 2.25. The van der Waals surface area contributed by atoms with Crippen LogP contribution in [0.5, 0.6) is 0 Å². The molecule has 1 unspecified atom stereocenters. The Bertz CT molecular complexity index is 641. The molecule has 0 spiro atoms. The summed E-state index contributed by atoms with van der Waals surface area (Å²) in [5, 5.41) is 11.9. The number of benzene rings is 1. The smallest absolute Gasteiger partial charge is 0.0645 e. The van der Waals surface area contributed by atoms with Crippen molar-refractivity contribution < 1.29 is 0 Å². The largest absolute Gasteiger partial charge is 0.308 e. The number of hydrogen-bond acceptors (Lipinski definition) is 3. The molecule has 5 heteroatoms. The molecule has 108 valence electrons. The minimum absolute atomic E-state index is 0.371. The van der Waals surface area contributed by atoms with Crippen LogP contribution in [0, 0.1) is 0 Å². The Morgan fingerprint density at radius 3 is 2.48 bits per heavy atom. The predicted molar refractivity (Wildman–Crippen MR) is 82.1 cm³/mol. The van der Waals surface area contributed by atoms with E-state index in [-0.39, 0.29) is 0 Å². The Hall–Kier alpha value is -2.40. The summed E-state index contributed by atoms with van der Waals surface area (Å²) in [6.45, 7) is 3.89. The van der Waals surface area contributed by atoms with E-state index in [1.807, 2.05) is 33.9 Å². The summed E-state index contributed by atoms with van der Waals surface area (Å²) in [7, 11) is 0. The fourth-order valence-electron chi connectivity index (χ4n) is 2.23. The van der Waals surface area contributed by atoms with Crippen molar-refractivity contribution in [2.75, 3.05) is 0 Å². The summed E-state index contributed by atoms with van der Waals surface area (Å²) < 4.78 is 3.80. The van der Waals surface area contributed by atoms with Crippen molar-refractivity contribution in [1.82, 2.24) is 24.9 Å². The lowest BCUT2D eigenvalue weighted by atomic mass is 10.2. The maximum atomic E-state index is 4.22. The van der Waals surface area contributed by atoms with E-state index in [4.69, 9.17) is 0 Å². The van der Waals surface area contributed by atoms with Crippen LogP contribution in [0.3, 0.4) is 0 Å². The van der Waals surface area contributed by atoms with Crippen LogP contribution in [-0.2, 0) is 13.1 Å². The van der Waals surface area contributed by atoms with E-state index < -0.39 is 0 Å². The van der Waals surface area contributed by atoms with Gasteiger partial charge in [0, 0.05) is 37.4 Å². The van der Waals surface area contributed by atoms with Crippen molar-refractivity contribution in [3.63, 3.8) is 0 Å². The van der Waals surface area contributed by atoms with Gasteiger partial charge in [0.25, 0.3) is 0 Å². The lowest BCUT2D eigenvalue weighted by molar-refractivity contribution is 0.451. The second-order valence-electron chi connectivity index (χ2n) is 5.13. The Morgan fingerprint density at radius 1 is 1.05 bits per heavy atom. The summed E-state index contributed by atoms with van der Waals surface area (Å²) in [6, 6.07) is 12.7. The standard InChI is InChI=1S/C16H19N5/c1-14(13-20-10-2-8-18-20)17-12-15-4-6-16(7-5-15)21-11-3-9-19-21/h2-11,14,17H,12-13H2,1H3. The fraction of sp³-hybridized carbons (Fsp3) is 0.250. The van der Waals surface area contributed by atoms with Gasteiger partial charge in [-0.1, -0.05) is 12.1 Å². The molecular formula is C16H19N5. The summed E-state index contributed by atoms with van der Waals surface area (Å²) in [5.74, 6) is 0. The van der Waals surface area contributed by atoms with E-state index in [2.05, 4.69) is 46.7 Å². The van der Waals surface area contributed by atoms with E-state index in [0.29, 0.717) is 6.04 Å². The minimum Gasteiger partial charge on any atom is -0.308 e. The van der Waals surface area contributed by atoms with Crippen molar-refractivity contribution in [3.8, 4) is 5.69 Å². The number of aromatic nitrogens is 4. The highest BCUT2D eigenvalue weighted by molar-refractivity contribution is 5.33. The average Bonchev–Trinajstić information content (AvgIpc) is 3.19. The molecule has 0 aliphatic rings. The first-order chi connectivity index (χ1) is 10.3. The Morgan fingerprint density at radius 2 is 1.81 bits per heavy atom. The second-order valence-corrected chi connectivity index (χ2v) is 5.13. The minimum atomic E-state index is 0.371. The van der Waals surface area contributed by atoms with Gasteiger partial charge in [0.1, 0.15) is 0 Å². The SMILES string of the molecule is CC(Cn1cccn1)NCc1ccc(-n2cccn2)cc1. The van der Waals surface area contributed by atoms with Gasteiger partial charge in [-0.2, -0.15) is 10.2 Å². The zero-order chi connectivity index (χ0) is 14.5. The highest BCUT2D eigenvalue weighted by atomic mass is 15.3. The van der Waals surface area contributed by atoms with Crippen molar-refractivity contribution >= 4 is 0 Å². The highest BCUT2D eigenvalue weighted by Gasteiger charge is 2.03. The molecule has 0 saturated heterocycles. The van der Waals surface area contributed by atoms with Crippen molar-refractivity contribution in [2.45, 2.75) is 26.1 Å². The van der Waals surface area contributed by atoms with Crippen LogP contribution < -0.4 is 5.32 Å². The van der Waals surface area contributed by atoms with Gasteiger partial charge in [0.15, 0.2) is 0 Å². The van der Waals surface area contributed by atoms with Gasteiger partial charge in [-0.25, -0.2) is 4.68 Å². The molecule has 0 aliphatic heterocycles. The monoisotopic (exact) mass is 281 g/mol.